The molecule has 4 aromatic rings. The van der Waals surface area contributed by atoms with Gasteiger partial charge in [-0.15, -0.1) is 0 Å². The molecule has 3 amide bonds. The molecule has 54 heavy (non-hydrogen) atoms. The molecule has 2 unspecified atom stereocenters. The number of hydrogen-bond donors (Lipinski definition) is 6. The molecule has 0 saturated heterocycles. The standard InChI is InChI=1S/C39H47F3N6O6/c1-22-17-27(35(51)45-23(2)39(40,41)42)13-15-30(22)26-7-6-8-28(18-26)48(29-14-16-31-32(19-29)47-36(52)46-31)33(49)21-43-34(50)25-11-9-24(10-12-25)20-44-37(53)54-38(3,4)5/h6-8,13-19,23-25,34,43,50H,9-12,20-21H2,1-5H3,(H,44,53)(H,45,51)(H2,46,47,52). The number of aromatic amines is 2. The zero-order valence-electron chi connectivity index (χ0n) is 30.9. The lowest BCUT2D eigenvalue weighted by Gasteiger charge is -2.32. The molecule has 1 aromatic heterocycles. The summed E-state index contributed by atoms with van der Waals surface area (Å²) in [4.78, 5) is 57.6. The van der Waals surface area contributed by atoms with Gasteiger partial charge in [0.25, 0.3) is 5.91 Å². The van der Waals surface area contributed by atoms with Crippen LogP contribution in [0.15, 0.2) is 65.5 Å². The van der Waals surface area contributed by atoms with Crippen molar-refractivity contribution in [1.29, 1.82) is 0 Å². The summed E-state index contributed by atoms with van der Waals surface area (Å²) in [5, 5.41) is 18.9. The predicted octanol–water partition coefficient (Wildman–Crippen LogP) is 6.42. The molecule has 290 valence electrons. The van der Waals surface area contributed by atoms with Gasteiger partial charge in [0.05, 0.1) is 23.3 Å². The number of halogens is 3. The van der Waals surface area contributed by atoms with Crippen LogP contribution < -0.4 is 26.5 Å². The van der Waals surface area contributed by atoms with Gasteiger partial charge >= 0.3 is 18.0 Å². The van der Waals surface area contributed by atoms with Gasteiger partial charge in [0.15, 0.2) is 0 Å². The Balaban J connectivity index is 1.31. The van der Waals surface area contributed by atoms with Gasteiger partial charge < -0.3 is 30.4 Å². The highest BCUT2D eigenvalue weighted by Gasteiger charge is 2.37. The molecule has 0 radical (unpaired) electrons. The molecular weight excluding hydrogens is 705 g/mol. The molecule has 5 rings (SSSR count). The van der Waals surface area contributed by atoms with Crippen LogP contribution in [0.3, 0.4) is 0 Å². The second kappa shape index (κ2) is 16.5. The van der Waals surface area contributed by atoms with E-state index in [4.69, 9.17) is 4.74 Å². The number of fused-ring (bicyclic) bond motifs is 1. The molecule has 0 spiro atoms. The van der Waals surface area contributed by atoms with Crippen molar-refractivity contribution in [2.24, 2.45) is 11.8 Å². The fraction of sp³-hybridized carbons (Fsp3) is 0.436. The second-order valence-electron chi connectivity index (χ2n) is 14.8. The minimum Gasteiger partial charge on any atom is -0.444 e. The van der Waals surface area contributed by atoms with E-state index in [0.29, 0.717) is 58.5 Å². The Hall–Kier alpha value is -5.15. The van der Waals surface area contributed by atoms with Crippen molar-refractivity contribution in [3.05, 3.63) is 82.3 Å². The number of aryl methyl sites for hydroxylation is 1. The first-order chi connectivity index (χ1) is 25.4. The number of benzene rings is 3. The number of amides is 3. The Morgan fingerprint density at radius 2 is 1.63 bits per heavy atom. The van der Waals surface area contributed by atoms with Crippen LogP contribution in [-0.2, 0) is 9.53 Å². The summed E-state index contributed by atoms with van der Waals surface area (Å²) in [5.41, 5.74) is 3.07. The molecule has 1 aliphatic carbocycles. The van der Waals surface area contributed by atoms with Gasteiger partial charge in [0.1, 0.15) is 17.9 Å². The summed E-state index contributed by atoms with van der Waals surface area (Å²) in [7, 11) is 0. The van der Waals surface area contributed by atoms with Crippen LogP contribution in [0, 0.1) is 18.8 Å². The van der Waals surface area contributed by atoms with Gasteiger partial charge in [-0.2, -0.15) is 13.2 Å². The molecule has 2 atom stereocenters. The van der Waals surface area contributed by atoms with Crippen molar-refractivity contribution in [3.8, 4) is 11.1 Å². The topological polar surface area (TPSA) is 169 Å². The van der Waals surface area contributed by atoms with Gasteiger partial charge in [0, 0.05) is 17.8 Å². The number of alkyl halides is 3. The number of hydrogen-bond acceptors (Lipinski definition) is 7. The van der Waals surface area contributed by atoms with E-state index < -0.39 is 41.7 Å². The molecule has 0 bridgehead atoms. The zero-order chi connectivity index (χ0) is 39.4. The van der Waals surface area contributed by atoms with E-state index in [9.17, 15) is 37.5 Å². The maximum atomic E-state index is 14.1. The highest BCUT2D eigenvalue weighted by Crippen LogP contribution is 2.34. The Kier molecular flexibility index (Phi) is 12.2. The predicted molar refractivity (Wildman–Crippen MR) is 199 cm³/mol. The quantitative estimate of drug-likeness (QED) is 0.0962. The van der Waals surface area contributed by atoms with Gasteiger partial charge in [-0.3, -0.25) is 19.8 Å². The van der Waals surface area contributed by atoms with E-state index in [0.717, 1.165) is 19.8 Å². The molecule has 1 fully saturated rings. The Labute approximate surface area is 310 Å². The van der Waals surface area contributed by atoms with Crippen LogP contribution >= 0.6 is 0 Å². The first-order valence-electron chi connectivity index (χ1n) is 17.9. The van der Waals surface area contributed by atoms with Crippen molar-refractivity contribution in [2.45, 2.75) is 84.3 Å². The average molecular weight is 753 g/mol. The zero-order valence-corrected chi connectivity index (χ0v) is 30.9. The van der Waals surface area contributed by atoms with Gasteiger partial charge in [-0.05, 0) is 131 Å². The summed E-state index contributed by atoms with van der Waals surface area (Å²) in [5.74, 6) is -1.09. The fourth-order valence-electron chi connectivity index (χ4n) is 6.59. The maximum absolute atomic E-state index is 14.1. The number of aromatic nitrogens is 2. The van der Waals surface area contributed by atoms with E-state index in [1.165, 1.54) is 17.0 Å². The molecule has 3 aromatic carbocycles. The summed E-state index contributed by atoms with van der Waals surface area (Å²) in [6.45, 7) is 8.29. The number of H-pyrrole nitrogens is 2. The summed E-state index contributed by atoms with van der Waals surface area (Å²) in [6.07, 6.45) is -3.01. The molecule has 12 nitrogen and oxygen atoms in total. The van der Waals surface area contributed by atoms with Crippen LogP contribution in [0.5, 0.6) is 0 Å². The molecule has 6 N–H and O–H groups in total. The SMILES string of the molecule is Cc1cc(C(=O)NC(C)C(F)(F)F)ccc1-c1cccc(N(C(=O)CNC(O)C2CCC(CNC(=O)OC(C)(C)C)CC2)c2ccc3[nH]c(=O)[nH]c3c2)c1. The average Bonchev–Trinajstić information content (AvgIpc) is 3.48. The lowest BCUT2D eigenvalue weighted by Crippen LogP contribution is -2.44. The van der Waals surface area contributed by atoms with Crippen LogP contribution in [0.1, 0.15) is 69.3 Å². The third-order valence-electron chi connectivity index (χ3n) is 9.48. The number of ether oxygens (including phenoxy) is 1. The highest BCUT2D eigenvalue weighted by atomic mass is 19.4. The number of aliphatic hydroxyl groups excluding tert-OH is 1. The number of carbonyl (C=O) groups excluding carboxylic acids is 3. The van der Waals surface area contributed by atoms with E-state index >= 15 is 0 Å². The fourth-order valence-corrected chi connectivity index (χ4v) is 6.59. The number of alkyl carbamates (subject to hydrolysis) is 1. The summed E-state index contributed by atoms with van der Waals surface area (Å²) in [6, 6.07) is 14.7. The molecule has 1 aliphatic rings. The smallest absolute Gasteiger partial charge is 0.408 e. The maximum Gasteiger partial charge on any atom is 0.408 e. The summed E-state index contributed by atoms with van der Waals surface area (Å²) >= 11 is 0. The van der Waals surface area contributed by atoms with Gasteiger partial charge in [-0.25, -0.2) is 9.59 Å². The third kappa shape index (κ3) is 10.3. The number of carbonyl (C=O) groups is 3. The number of nitrogens with one attached hydrogen (secondary N) is 5. The normalized spacial score (nSPS) is 17.4. The van der Waals surface area contributed by atoms with Crippen molar-refractivity contribution < 1.29 is 37.4 Å². The monoisotopic (exact) mass is 752 g/mol. The van der Waals surface area contributed by atoms with E-state index in [2.05, 4.69) is 20.6 Å². The van der Waals surface area contributed by atoms with Gasteiger partial charge in [-0.1, -0.05) is 18.2 Å². The number of anilines is 2. The van der Waals surface area contributed by atoms with Crippen molar-refractivity contribution in [1.82, 2.24) is 25.9 Å². The van der Waals surface area contributed by atoms with Crippen LogP contribution in [0.25, 0.3) is 22.2 Å². The lowest BCUT2D eigenvalue weighted by atomic mass is 9.81. The molecule has 1 heterocycles. The van der Waals surface area contributed by atoms with Crippen molar-refractivity contribution in [2.75, 3.05) is 18.0 Å². The minimum atomic E-state index is -4.58. The Bertz CT molecular complexity index is 2030. The molecule has 15 heteroatoms. The number of imidazole rings is 1. The lowest BCUT2D eigenvalue weighted by molar-refractivity contribution is -0.149. The first-order valence-corrected chi connectivity index (χ1v) is 17.9. The highest BCUT2D eigenvalue weighted by molar-refractivity contribution is 6.03. The Morgan fingerprint density at radius 1 is 0.944 bits per heavy atom. The largest absolute Gasteiger partial charge is 0.444 e. The van der Waals surface area contributed by atoms with Crippen molar-refractivity contribution >= 4 is 40.3 Å². The van der Waals surface area contributed by atoms with E-state index in [1.54, 1.807) is 70.2 Å². The van der Waals surface area contributed by atoms with Crippen LogP contribution in [0.4, 0.5) is 29.3 Å². The first kappa shape index (κ1) is 40.0. The Morgan fingerprint density at radius 3 is 2.30 bits per heavy atom. The van der Waals surface area contributed by atoms with E-state index in [-0.39, 0.29) is 29.9 Å². The molecule has 1 saturated carbocycles. The van der Waals surface area contributed by atoms with E-state index in [1.807, 2.05) is 11.4 Å². The van der Waals surface area contributed by atoms with Crippen molar-refractivity contribution in [3.63, 3.8) is 0 Å². The second-order valence-corrected chi connectivity index (χ2v) is 14.8. The third-order valence-corrected chi connectivity index (χ3v) is 9.48. The molecular formula is C39H47F3N6O6. The minimum absolute atomic E-state index is 0.0738. The molecule has 0 aliphatic heterocycles. The van der Waals surface area contributed by atoms with Crippen LogP contribution in [-0.4, -0.2) is 70.1 Å². The summed E-state index contributed by atoms with van der Waals surface area (Å²) < 4.78 is 44.4. The number of nitrogens with zero attached hydrogens (tertiary/aromatic N) is 1. The van der Waals surface area contributed by atoms with Crippen LogP contribution in [0.2, 0.25) is 0 Å². The number of rotatable bonds is 11. The van der Waals surface area contributed by atoms with Gasteiger partial charge in [0.2, 0.25) is 5.91 Å². The number of aliphatic hydroxyl groups is 1.